The Kier molecular flexibility index (Phi) is 4.41. The molecule has 0 saturated carbocycles. The van der Waals surface area contributed by atoms with Gasteiger partial charge >= 0.3 is 0 Å². The third-order valence-corrected chi connectivity index (χ3v) is 6.06. The first-order valence-electron chi connectivity index (χ1n) is 7.75. The third-order valence-electron chi connectivity index (χ3n) is 4.20. The van der Waals surface area contributed by atoms with Crippen molar-refractivity contribution in [3.8, 4) is 5.75 Å². The van der Waals surface area contributed by atoms with Gasteiger partial charge < -0.3 is 4.74 Å². The number of H-pyrrole nitrogens is 1. The van der Waals surface area contributed by atoms with Crippen LogP contribution in [0.2, 0.25) is 0 Å². The number of hydrogen-bond acceptors (Lipinski definition) is 4. The molecule has 1 unspecified atom stereocenters. The number of nitrogens with one attached hydrogen (secondary N) is 1. The van der Waals surface area contributed by atoms with Crippen LogP contribution < -0.4 is 4.74 Å². The zero-order valence-electron chi connectivity index (χ0n) is 13.3. The summed E-state index contributed by atoms with van der Waals surface area (Å²) in [5.41, 5.74) is 1.82. The molecule has 23 heavy (non-hydrogen) atoms. The monoisotopic (exact) mass is 335 g/mol. The van der Waals surface area contributed by atoms with Crippen LogP contribution in [0.15, 0.2) is 35.4 Å². The first kappa shape index (κ1) is 16.0. The molecule has 1 N–H and O–H groups in total. The molecule has 2 aromatic rings. The summed E-state index contributed by atoms with van der Waals surface area (Å²) in [7, 11) is -3.47. The largest absolute Gasteiger partial charge is 0.494 e. The van der Waals surface area contributed by atoms with E-state index in [-0.39, 0.29) is 5.92 Å². The third kappa shape index (κ3) is 3.11. The fourth-order valence-electron chi connectivity index (χ4n) is 2.94. The molecule has 0 aliphatic carbocycles. The van der Waals surface area contributed by atoms with Gasteiger partial charge in [-0.2, -0.15) is 9.40 Å². The molecular formula is C16H21N3O3S. The highest BCUT2D eigenvalue weighted by Gasteiger charge is 2.33. The van der Waals surface area contributed by atoms with Crippen molar-refractivity contribution in [2.24, 2.45) is 0 Å². The van der Waals surface area contributed by atoms with E-state index in [2.05, 4.69) is 10.2 Å². The van der Waals surface area contributed by atoms with Crippen molar-refractivity contribution in [1.82, 2.24) is 14.5 Å². The Morgan fingerprint density at radius 2 is 2.22 bits per heavy atom. The van der Waals surface area contributed by atoms with Gasteiger partial charge in [-0.25, -0.2) is 8.42 Å². The molecule has 0 amide bonds. The van der Waals surface area contributed by atoms with E-state index in [1.165, 1.54) is 0 Å². The SMILES string of the molecule is CCOc1ccc(S(=O)(=O)N2CCC(c3ccn[nH]3)C2)cc1C. The molecular weight excluding hydrogens is 314 g/mol. The van der Waals surface area contributed by atoms with Crippen LogP contribution in [0.3, 0.4) is 0 Å². The maximum atomic E-state index is 12.8. The molecule has 2 heterocycles. The van der Waals surface area contributed by atoms with Crippen molar-refractivity contribution in [3.63, 3.8) is 0 Å². The molecule has 124 valence electrons. The number of benzene rings is 1. The second kappa shape index (κ2) is 6.33. The van der Waals surface area contributed by atoms with Gasteiger partial charge in [0.1, 0.15) is 5.75 Å². The highest BCUT2D eigenvalue weighted by Crippen LogP contribution is 2.31. The van der Waals surface area contributed by atoms with E-state index in [0.29, 0.717) is 24.6 Å². The lowest BCUT2D eigenvalue weighted by Crippen LogP contribution is -2.28. The average molecular weight is 335 g/mol. The molecule has 1 aromatic carbocycles. The van der Waals surface area contributed by atoms with Gasteiger partial charge in [0.25, 0.3) is 0 Å². The summed E-state index contributed by atoms with van der Waals surface area (Å²) >= 11 is 0. The molecule has 1 aliphatic heterocycles. The van der Waals surface area contributed by atoms with Gasteiger partial charge in [0.15, 0.2) is 0 Å². The zero-order chi connectivity index (χ0) is 16.4. The number of ether oxygens (including phenoxy) is 1. The predicted molar refractivity (Wildman–Crippen MR) is 87.1 cm³/mol. The van der Waals surface area contributed by atoms with E-state index in [1.807, 2.05) is 19.9 Å². The van der Waals surface area contributed by atoms with Crippen LogP contribution in [0.4, 0.5) is 0 Å². The minimum atomic E-state index is -3.47. The van der Waals surface area contributed by atoms with Gasteiger partial charge in [-0.1, -0.05) is 0 Å². The smallest absolute Gasteiger partial charge is 0.243 e. The van der Waals surface area contributed by atoms with E-state index in [1.54, 1.807) is 28.7 Å². The number of aromatic nitrogens is 2. The summed E-state index contributed by atoms with van der Waals surface area (Å²) in [6, 6.07) is 6.94. The highest BCUT2D eigenvalue weighted by molar-refractivity contribution is 7.89. The lowest BCUT2D eigenvalue weighted by Gasteiger charge is -2.17. The molecule has 1 atom stereocenters. The first-order valence-corrected chi connectivity index (χ1v) is 9.19. The molecule has 1 fully saturated rings. The van der Waals surface area contributed by atoms with Crippen LogP contribution in [0.5, 0.6) is 5.75 Å². The van der Waals surface area contributed by atoms with E-state index in [4.69, 9.17) is 4.74 Å². The van der Waals surface area contributed by atoms with Gasteiger partial charge in [0.2, 0.25) is 10.0 Å². The van der Waals surface area contributed by atoms with Crippen LogP contribution in [0.25, 0.3) is 0 Å². The number of hydrogen-bond donors (Lipinski definition) is 1. The molecule has 0 spiro atoms. The Morgan fingerprint density at radius 3 is 2.87 bits per heavy atom. The fourth-order valence-corrected chi connectivity index (χ4v) is 4.53. The van der Waals surface area contributed by atoms with Crippen molar-refractivity contribution >= 4 is 10.0 Å². The zero-order valence-corrected chi connectivity index (χ0v) is 14.1. The molecule has 3 rings (SSSR count). The number of rotatable bonds is 5. The Labute approximate surface area is 136 Å². The Morgan fingerprint density at radius 1 is 1.39 bits per heavy atom. The summed E-state index contributed by atoms with van der Waals surface area (Å²) in [6.07, 6.45) is 2.50. The van der Waals surface area contributed by atoms with Gasteiger partial charge in [0.05, 0.1) is 11.5 Å². The molecule has 1 aromatic heterocycles. The van der Waals surface area contributed by atoms with Crippen molar-refractivity contribution in [1.29, 1.82) is 0 Å². The van der Waals surface area contributed by atoms with E-state index >= 15 is 0 Å². The quantitative estimate of drug-likeness (QED) is 0.910. The molecule has 7 heteroatoms. The fraction of sp³-hybridized carbons (Fsp3) is 0.438. The summed E-state index contributed by atoms with van der Waals surface area (Å²) < 4.78 is 32.7. The highest BCUT2D eigenvalue weighted by atomic mass is 32.2. The van der Waals surface area contributed by atoms with Crippen molar-refractivity contribution in [2.45, 2.75) is 31.1 Å². The van der Waals surface area contributed by atoms with E-state index in [9.17, 15) is 8.42 Å². The number of sulfonamides is 1. The average Bonchev–Trinajstić information content (AvgIpc) is 3.20. The molecule has 0 radical (unpaired) electrons. The number of aromatic amines is 1. The second-order valence-electron chi connectivity index (χ2n) is 5.72. The van der Waals surface area contributed by atoms with Crippen molar-refractivity contribution in [3.05, 3.63) is 41.7 Å². The van der Waals surface area contributed by atoms with Crippen molar-refractivity contribution in [2.75, 3.05) is 19.7 Å². The first-order chi connectivity index (χ1) is 11.0. The Balaban J connectivity index is 1.81. The molecule has 6 nitrogen and oxygen atoms in total. The maximum absolute atomic E-state index is 12.8. The van der Waals surface area contributed by atoms with E-state index in [0.717, 1.165) is 23.4 Å². The topological polar surface area (TPSA) is 75.3 Å². The number of aryl methyl sites for hydroxylation is 1. The van der Waals surface area contributed by atoms with Gasteiger partial charge in [-0.05, 0) is 50.1 Å². The van der Waals surface area contributed by atoms with Crippen LogP contribution in [-0.2, 0) is 10.0 Å². The summed E-state index contributed by atoms with van der Waals surface area (Å²) in [6.45, 7) is 5.34. The summed E-state index contributed by atoms with van der Waals surface area (Å²) in [4.78, 5) is 0.323. The maximum Gasteiger partial charge on any atom is 0.243 e. The minimum absolute atomic E-state index is 0.177. The predicted octanol–water partition coefficient (Wildman–Crippen LogP) is 2.30. The van der Waals surface area contributed by atoms with Crippen LogP contribution in [0, 0.1) is 6.92 Å². The molecule has 1 aliphatic rings. The second-order valence-corrected chi connectivity index (χ2v) is 7.66. The lowest BCUT2D eigenvalue weighted by molar-refractivity contribution is 0.337. The minimum Gasteiger partial charge on any atom is -0.494 e. The standard InChI is InChI=1S/C16H21N3O3S/c1-3-22-16-5-4-14(10-12(16)2)23(20,21)19-9-7-13(11-19)15-6-8-17-18-15/h4-6,8,10,13H,3,7,9,11H2,1-2H3,(H,17,18). The van der Waals surface area contributed by atoms with Gasteiger partial charge in [0, 0.05) is 30.9 Å². The summed E-state index contributed by atoms with van der Waals surface area (Å²) in [5, 5.41) is 6.88. The van der Waals surface area contributed by atoms with Crippen molar-refractivity contribution < 1.29 is 13.2 Å². The number of nitrogens with zero attached hydrogens (tertiary/aromatic N) is 2. The Bertz CT molecular complexity index is 772. The van der Waals surface area contributed by atoms with Gasteiger partial charge in [-0.3, -0.25) is 5.10 Å². The molecule has 1 saturated heterocycles. The van der Waals surface area contributed by atoms with E-state index < -0.39 is 10.0 Å². The Hall–Kier alpha value is -1.86. The molecule has 0 bridgehead atoms. The normalized spacial score (nSPS) is 19.1. The summed E-state index contributed by atoms with van der Waals surface area (Å²) in [5.74, 6) is 0.902. The van der Waals surface area contributed by atoms with Crippen LogP contribution >= 0.6 is 0 Å². The van der Waals surface area contributed by atoms with Gasteiger partial charge in [-0.15, -0.1) is 0 Å². The lowest BCUT2D eigenvalue weighted by atomic mass is 10.1. The van der Waals surface area contributed by atoms with Crippen LogP contribution in [-0.4, -0.2) is 42.6 Å². The van der Waals surface area contributed by atoms with Crippen LogP contribution in [0.1, 0.15) is 30.5 Å².